The molecular weight excluding hydrogens is 553 g/mol. The highest BCUT2D eigenvalue weighted by molar-refractivity contribution is 6.24. The molecule has 0 saturated carbocycles. The van der Waals surface area contributed by atoms with E-state index >= 15 is 0 Å². The first kappa shape index (κ1) is 14.0. The first-order chi connectivity index (χ1) is 30.3. The molecule has 0 atom stereocenters. The Bertz CT molecular complexity index is 3460. The minimum atomic E-state index is -0.751. The lowest BCUT2D eigenvalue weighted by Crippen LogP contribution is -1.93. The molecule has 0 heteroatoms. The second-order valence-corrected chi connectivity index (χ2v) is 10.7. The molecule has 9 aromatic carbocycles. The second-order valence-electron chi connectivity index (χ2n) is 10.7. The number of hydrogen-bond acceptors (Lipinski definition) is 0. The van der Waals surface area contributed by atoms with E-state index in [-0.39, 0.29) is 50.3 Å². The van der Waals surface area contributed by atoms with Gasteiger partial charge >= 0.3 is 0 Å². The van der Waals surface area contributed by atoms with Crippen LogP contribution in [0.15, 0.2) is 182 Å². The van der Waals surface area contributed by atoms with Gasteiger partial charge in [0.25, 0.3) is 0 Å². The predicted molar refractivity (Wildman–Crippen MR) is 198 cm³/mol. The Morgan fingerprint density at radius 3 is 1.11 bits per heavy atom. The fourth-order valence-electron chi connectivity index (χ4n) is 6.41. The van der Waals surface area contributed by atoms with Crippen LogP contribution in [0.2, 0.25) is 0 Å². The van der Waals surface area contributed by atoms with E-state index in [1.807, 2.05) is 18.2 Å². The third-order valence-electron chi connectivity index (χ3n) is 8.30. The topological polar surface area (TPSA) is 0 Å². The van der Waals surface area contributed by atoms with E-state index in [1.165, 1.54) is 0 Å². The Morgan fingerprint density at radius 1 is 0.261 bits per heavy atom. The summed E-state index contributed by atoms with van der Waals surface area (Å²) in [7, 11) is 0. The fourth-order valence-corrected chi connectivity index (χ4v) is 6.41. The van der Waals surface area contributed by atoms with Crippen molar-refractivity contribution in [1.29, 1.82) is 0 Å². The molecule has 0 saturated heterocycles. The Hall–Kier alpha value is -5.98. The summed E-state index contributed by atoms with van der Waals surface area (Å²) < 4.78 is 158. The van der Waals surface area contributed by atoms with E-state index in [0.29, 0.717) is 43.8 Å². The maximum atomic E-state index is 9.39. The average molecular weight is 601 g/mol. The quantitative estimate of drug-likeness (QED) is 0.176. The van der Waals surface area contributed by atoms with Crippen molar-refractivity contribution in [3.63, 3.8) is 0 Å². The zero-order valence-corrected chi connectivity index (χ0v) is 23.9. The van der Waals surface area contributed by atoms with Gasteiger partial charge in [0.15, 0.2) is 0 Å². The van der Waals surface area contributed by atoms with E-state index in [2.05, 4.69) is 0 Å². The van der Waals surface area contributed by atoms with Crippen LogP contribution in [0.5, 0.6) is 0 Å². The SMILES string of the molecule is [2H]c1c([2H])c([2H])c(-c2ccc(-c3ccc(-c4c5c([2H])c([2H])c([2H])c([2H])c5c(-c5c([2H])c([2H])c([2H])c([2H])c5[2H])c5c([2H])c([2H])c([2H])c([2H])c45)c4ccccc34)c3ccccc23)c([2H])c1[2H]. The fraction of sp³-hybridized carbons (Fsp3) is 0. The van der Waals surface area contributed by atoms with Gasteiger partial charge in [0.1, 0.15) is 0 Å². The van der Waals surface area contributed by atoms with Crippen molar-refractivity contribution in [3.8, 4) is 44.5 Å². The van der Waals surface area contributed by atoms with Crippen LogP contribution in [0.4, 0.5) is 0 Å². The van der Waals surface area contributed by atoms with Crippen LogP contribution in [0.25, 0.3) is 87.6 Å². The lowest BCUT2D eigenvalue weighted by molar-refractivity contribution is 1.63. The molecule has 0 unspecified atom stereocenters. The molecule has 0 bridgehead atoms. The minimum absolute atomic E-state index is 0.00394. The molecular formula is C46H30. The van der Waals surface area contributed by atoms with Gasteiger partial charge in [-0.25, -0.2) is 0 Å². The van der Waals surface area contributed by atoms with Gasteiger partial charge in [0.05, 0.1) is 24.7 Å². The standard InChI is InChI=1S/C46H30/c1-3-15-31(16-4-1)33-27-28-38(35-20-8-7-19-34(33)35)39-29-30-44(37-22-10-9-21-36(37)39)46-42-25-13-11-23-40(42)45(32-17-5-2-6-18-32)41-24-12-14-26-43(41)46/h1-30H/i1D,2D,3D,4D,5D,6D,11D,12D,13D,14D,15D,16D,17D,18D,23D,24D,25D,26D. The van der Waals surface area contributed by atoms with Gasteiger partial charge in [-0.2, -0.15) is 0 Å². The Kier molecular flexibility index (Phi) is 3.30. The van der Waals surface area contributed by atoms with Gasteiger partial charge < -0.3 is 0 Å². The van der Waals surface area contributed by atoms with Crippen molar-refractivity contribution < 1.29 is 24.7 Å². The van der Waals surface area contributed by atoms with Crippen LogP contribution >= 0.6 is 0 Å². The Morgan fingerprint density at radius 2 is 0.609 bits per heavy atom. The monoisotopic (exact) mass is 600 g/mol. The first-order valence-corrected chi connectivity index (χ1v) is 14.5. The van der Waals surface area contributed by atoms with Crippen LogP contribution in [0.1, 0.15) is 24.7 Å². The molecule has 214 valence electrons. The van der Waals surface area contributed by atoms with Gasteiger partial charge in [0, 0.05) is 0 Å². The van der Waals surface area contributed by atoms with Crippen molar-refractivity contribution >= 4 is 43.1 Å². The highest BCUT2D eigenvalue weighted by atomic mass is 14.2. The summed E-state index contributed by atoms with van der Waals surface area (Å²) in [6, 6.07) is 10.2. The van der Waals surface area contributed by atoms with Gasteiger partial charge in [-0.1, -0.05) is 182 Å². The first-order valence-electron chi connectivity index (χ1n) is 23.5. The van der Waals surface area contributed by atoms with Crippen molar-refractivity contribution in [3.05, 3.63) is 182 Å². The molecule has 0 radical (unpaired) electrons. The van der Waals surface area contributed by atoms with Gasteiger partial charge in [-0.3, -0.25) is 0 Å². The molecule has 0 N–H and O–H groups in total. The summed E-state index contributed by atoms with van der Waals surface area (Å²) in [6.45, 7) is 0. The normalized spacial score (nSPS) is 17.0. The van der Waals surface area contributed by atoms with Crippen LogP contribution < -0.4 is 0 Å². The number of benzene rings is 9. The minimum Gasteiger partial charge on any atom is -0.0622 e. The third-order valence-corrected chi connectivity index (χ3v) is 8.30. The Balaban J connectivity index is 1.45. The second kappa shape index (κ2) is 10.9. The van der Waals surface area contributed by atoms with Crippen LogP contribution in [0.3, 0.4) is 0 Å². The molecule has 0 aliphatic heterocycles. The molecule has 9 aromatic rings. The van der Waals surface area contributed by atoms with E-state index in [0.717, 1.165) is 0 Å². The zero-order valence-electron chi connectivity index (χ0n) is 41.9. The number of rotatable bonds is 4. The molecule has 46 heavy (non-hydrogen) atoms. The number of fused-ring (bicyclic) bond motifs is 4. The summed E-state index contributed by atoms with van der Waals surface area (Å²) in [5, 5.41) is 1.37. The van der Waals surface area contributed by atoms with Crippen LogP contribution in [-0.4, -0.2) is 0 Å². The van der Waals surface area contributed by atoms with E-state index in [9.17, 15) is 5.48 Å². The highest BCUT2D eigenvalue weighted by Gasteiger charge is 2.19. The van der Waals surface area contributed by atoms with Gasteiger partial charge in [-0.05, 0) is 87.6 Å². The molecule has 0 fully saturated rings. The Labute approximate surface area is 294 Å². The molecule has 0 heterocycles. The smallest absolute Gasteiger partial charge is 0.0622 e. The van der Waals surface area contributed by atoms with Crippen molar-refractivity contribution in [2.45, 2.75) is 0 Å². The molecule has 0 nitrogen and oxygen atoms in total. The van der Waals surface area contributed by atoms with Crippen LogP contribution in [0, 0.1) is 0 Å². The molecule has 0 amide bonds. The third kappa shape index (κ3) is 4.15. The maximum Gasteiger partial charge on any atom is 0.0629 e. The summed E-state index contributed by atoms with van der Waals surface area (Å²) in [5.41, 5.74) is 1.24. The summed E-state index contributed by atoms with van der Waals surface area (Å²) in [6.07, 6.45) is 0. The molecule has 0 aromatic heterocycles. The largest absolute Gasteiger partial charge is 0.0629 e. The average Bonchev–Trinajstić information content (AvgIpc) is 3.30. The molecule has 9 rings (SSSR count). The van der Waals surface area contributed by atoms with Crippen molar-refractivity contribution in [2.75, 3.05) is 0 Å². The number of hydrogen-bond donors (Lipinski definition) is 0. The summed E-state index contributed by atoms with van der Waals surface area (Å²) in [5.74, 6) is 0. The van der Waals surface area contributed by atoms with E-state index in [1.54, 1.807) is 54.6 Å². The predicted octanol–water partition coefficient (Wildman–Crippen LogP) is 13.0. The van der Waals surface area contributed by atoms with Gasteiger partial charge in [0.2, 0.25) is 0 Å². The molecule has 0 spiro atoms. The molecule has 0 aliphatic carbocycles. The van der Waals surface area contributed by atoms with Crippen LogP contribution in [-0.2, 0) is 0 Å². The van der Waals surface area contributed by atoms with E-state index < -0.39 is 102 Å². The lowest BCUT2D eigenvalue weighted by Gasteiger charge is -2.20. The molecule has 0 aliphatic rings. The summed E-state index contributed by atoms with van der Waals surface area (Å²) in [4.78, 5) is 0. The lowest BCUT2D eigenvalue weighted by atomic mass is 9.83. The zero-order chi connectivity index (χ0) is 46.1. The van der Waals surface area contributed by atoms with Crippen molar-refractivity contribution in [2.24, 2.45) is 0 Å². The van der Waals surface area contributed by atoms with E-state index in [4.69, 9.17) is 19.2 Å². The van der Waals surface area contributed by atoms with Gasteiger partial charge in [-0.15, -0.1) is 0 Å². The maximum absolute atomic E-state index is 9.39. The highest BCUT2D eigenvalue weighted by Crippen LogP contribution is 2.47. The van der Waals surface area contributed by atoms with Crippen molar-refractivity contribution in [1.82, 2.24) is 0 Å². The summed E-state index contributed by atoms with van der Waals surface area (Å²) >= 11 is 0.